The summed E-state index contributed by atoms with van der Waals surface area (Å²) in [7, 11) is 1.61. The summed E-state index contributed by atoms with van der Waals surface area (Å²) in [6.45, 7) is 3.58. The lowest BCUT2D eigenvalue weighted by molar-refractivity contribution is 0.246. The second-order valence-corrected chi connectivity index (χ2v) is 8.61. The zero-order chi connectivity index (χ0) is 21.4. The third-order valence-corrected chi connectivity index (χ3v) is 6.40. The van der Waals surface area contributed by atoms with Gasteiger partial charge in [-0.05, 0) is 48.4 Å². The Morgan fingerprint density at radius 1 is 0.968 bits per heavy atom. The third-order valence-electron chi connectivity index (χ3n) is 6.40. The van der Waals surface area contributed by atoms with Gasteiger partial charge < -0.3 is 4.74 Å². The Bertz CT molecular complexity index is 1200. The lowest BCUT2D eigenvalue weighted by Gasteiger charge is -2.22. The number of nitrogens with zero attached hydrogens (tertiary/aromatic N) is 5. The number of aromatic nitrogens is 4. The van der Waals surface area contributed by atoms with Crippen molar-refractivity contribution in [1.82, 2.24) is 24.2 Å². The van der Waals surface area contributed by atoms with E-state index < -0.39 is 11.1 Å². The number of pyridine rings is 1. The van der Waals surface area contributed by atoms with E-state index in [-0.39, 0.29) is 12.0 Å². The quantitative estimate of drug-likeness (QED) is 0.580. The molecule has 1 fully saturated rings. The Morgan fingerprint density at radius 2 is 1.71 bits per heavy atom. The van der Waals surface area contributed by atoms with E-state index in [2.05, 4.69) is 15.0 Å². The van der Waals surface area contributed by atoms with E-state index >= 15 is 0 Å². The summed E-state index contributed by atoms with van der Waals surface area (Å²) in [5, 5.41) is 4.59. The van der Waals surface area contributed by atoms with Gasteiger partial charge in [-0.25, -0.2) is 4.68 Å². The molecule has 160 valence electrons. The van der Waals surface area contributed by atoms with E-state index in [9.17, 15) is 9.59 Å². The van der Waals surface area contributed by atoms with E-state index in [1.54, 1.807) is 11.7 Å². The van der Waals surface area contributed by atoms with Gasteiger partial charge in [0.2, 0.25) is 0 Å². The van der Waals surface area contributed by atoms with Crippen LogP contribution < -0.4 is 15.9 Å². The average molecular weight is 419 g/mol. The van der Waals surface area contributed by atoms with Crippen molar-refractivity contribution < 1.29 is 4.74 Å². The monoisotopic (exact) mass is 419 g/mol. The van der Waals surface area contributed by atoms with Crippen LogP contribution in [0.2, 0.25) is 0 Å². The van der Waals surface area contributed by atoms with Crippen molar-refractivity contribution in [3.8, 4) is 5.75 Å². The molecule has 1 aromatic carbocycles. The molecule has 5 rings (SSSR count). The van der Waals surface area contributed by atoms with Gasteiger partial charge in [-0.15, -0.1) is 0 Å². The van der Waals surface area contributed by atoms with Gasteiger partial charge in [-0.3, -0.25) is 24.0 Å². The molecule has 8 nitrogen and oxygen atoms in total. The number of ether oxygens (including phenoxy) is 1. The molecule has 2 aliphatic rings. The van der Waals surface area contributed by atoms with Gasteiger partial charge in [-0.1, -0.05) is 12.1 Å². The summed E-state index contributed by atoms with van der Waals surface area (Å²) < 4.78 is 8.08. The van der Waals surface area contributed by atoms with E-state index in [0.29, 0.717) is 12.4 Å². The van der Waals surface area contributed by atoms with Gasteiger partial charge in [0.25, 0.3) is 0 Å². The van der Waals surface area contributed by atoms with Crippen LogP contribution in [0.15, 0.2) is 58.4 Å². The summed E-state index contributed by atoms with van der Waals surface area (Å²) in [6, 6.07) is 11.5. The summed E-state index contributed by atoms with van der Waals surface area (Å²) in [5.41, 5.74) is 1.07. The summed E-state index contributed by atoms with van der Waals surface area (Å²) in [5.74, 6) is 1.46. The number of likely N-dealkylation sites (tertiary alicyclic amines) is 1. The highest BCUT2D eigenvalue weighted by Crippen LogP contribution is 2.39. The topological polar surface area (TPSA) is 82.2 Å². The molecule has 2 aromatic heterocycles. The number of methoxy groups -OCH3 is 1. The zero-order valence-electron chi connectivity index (χ0n) is 17.5. The van der Waals surface area contributed by atoms with Gasteiger partial charge in [0.1, 0.15) is 11.6 Å². The van der Waals surface area contributed by atoms with Gasteiger partial charge in [-0.2, -0.15) is 5.10 Å². The maximum Gasteiger partial charge on any atom is 0.332 e. The van der Waals surface area contributed by atoms with Crippen molar-refractivity contribution in [2.75, 3.05) is 20.2 Å². The maximum absolute atomic E-state index is 12.8. The number of hydrogen-bond acceptors (Lipinski definition) is 6. The van der Waals surface area contributed by atoms with Gasteiger partial charge in [0.15, 0.2) is 0 Å². The Labute approximate surface area is 179 Å². The Kier molecular flexibility index (Phi) is 4.94. The first-order valence-electron chi connectivity index (χ1n) is 10.5. The maximum atomic E-state index is 12.8. The molecule has 3 aromatic rings. The standard InChI is InChI=1S/C23H25N5O3/c1-31-19-4-2-17(3-5-19)14-28-22(30)21(29)27-16-23(12-20(27)25-28)8-11-26(15-23)13-18-6-9-24-10-7-18/h2-7,9-10H,8,11-16H2,1H3. The van der Waals surface area contributed by atoms with Crippen LogP contribution in [0.5, 0.6) is 5.75 Å². The van der Waals surface area contributed by atoms with Crippen LogP contribution >= 0.6 is 0 Å². The van der Waals surface area contributed by atoms with E-state index in [4.69, 9.17) is 4.74 Å². The van der Waals surface area contributed by atoms with Crippen LogP contribution in [-0.4, -0.2) is 44.4 Å². The highest BCUT2D eigenvalue weighted by molar-refractivity contribution is 5.27. The first-order valence-corrected chi connectivity index (χ1v) is 10.5. The van der Waals surface area contributed by atoms with Crippen LogP contribution in [0.25, 0.3) is 0 Å². The van der Waals surface area contributed by atoms with E-state index in [0.717, 1.165) is 43.8 Å². The fourth-order valence-electron chi connectivity index (χ4n) is 4.80. The highest BCUT2D eigenvalue weighted by Gasteiger charge is 2.44. The lowest BCUT2D eigenvalue weighted by Crippen LogP contribution is -2.43. The first-order chi connectivity index (χ1) is 15.0. The molecule has 8 heteroatoms. The van der Waals surface area contributed by atoms with Crippen LogP contribution in [0.3, 0.4) is 0 Å². The lowest BCUT2D eigenvalue weighted by atomic mass is 9.86. The molecular weight excluding hydrogens is 394 g/mol. The molecule has 1 spiro atoms. The molecule has 1 saturated heterocycles. The summed E-state index contributed by atoms with van der Waals surface area (Å²) >= 11 is 0. The molecule has 1 unspecified atom stereocenters. The SMILES string of the molecule is COc1ccc(Cn2nc3n(c(=O)c2=O)CC2(CCN(Cc4ccncc4)C2)C3)cc1. The van der Waals surface area contributed by atoms with Gasteiger partial charge in [0.05, 0.1) is 13.7 Å². The number of hydrogen-bond donors (Lipinski definition) is 0. The normalized spacial score (nSPS) is 20.3. The molecule has 0 N–H and O–H groups in total. The molecule has 4 heterocycles. The minimum absolute atomic E-state index is 0.0298. The van der Waals surface area contributed by atoms with Crippen molar-refractivity contribution >= 4 is 0 Å². The fourth-order valence-corrected chi connectivity index (χ4v) is 4.80. The highest BCUT2D eigenvalue weighted by atomic mass is 16.5. The third kappa shape index (κ3) is 3.79. The van der Waals surface area contributed by atoms with E-state index in [1.165, 1.54) is 10.2 Å². The Hall–Kier alpha value is -3.26. The molecule has 0 saturated carbocycles. The van der Waals surface area contributed by atoms with Crippen molar-refractivity contribution in [1.29, 1.82) is 0 Å². The first kappa shape index (κ1) is 19.7. The van der Waals surface area contributed by atoms with Crippen LogP contribution in [0, 0.1) is 5.41 Å². The summed E-state index contributed by atoms with van der Waals surface area (Å²) in [6.07, 6.45) is 5.34. The van der Waals surface area contributed by atoms with Crippen molar-refractivity contribution in [3.05, 3.63) is 86.5 Å². The molecule has 31 heavy (non-hydrogen) atoms. The average Bonchev–Trinajstić information content (AvgIpc) is 3.35. The Balaban J connectivity index is 1.35. The van der Waals surface area contributed by atoms with Crippen LogP contribution in [0.1, 0.15) is 23.4 Å². The number of rotatable bonds is 5. The van der Waals surface area contributed by atoms with Crippen molar-refractivity contribution in [2.45, 2.75) is 32.5 Å². The smallest absolute Gasteiger partial charge is 0.332 e. The minimum Gasteiger partial charge on any atom is -0.497 e. The Morgan fingerprint density at radius 3 is 2.45 bits per heavy atom. The second-order valence-electron chi connectivity index (χ2n) is 8.61. The summed E-state index contributed by atoms with van der Waals surface area (Å²) in [4.78, 5) is 32.0. The predicted molar refractivity (Wildman–Crippen MR) is 115 cm³/mol. The molecule has 0 amide bonds. The molecule has 1 atom stereocenters. The van der Waals surface area contributed by atoms with Crippen LogP contribution in [0.4, 0.5) is 0 Å². The molecule has 0 aliphatic carbocycles. The zero-order valence-corrected chi connectivity index (χ0v) is 17.5. The van der Waals surface area contributed by atoms with Crippen molar-refractivity contribution in [2.24, 2.45) is 5.41 Å². The van der Waals surface area contributed by atoms with Gasteiger partial charge in [0, 0.05) is 43.9 Å². The number of fused-ring (bicyclic) bond motifs is 1. The molecule has 0 bridgehead atoms. The number of benzene rings is 1. The largest absolute Gasteiger partial charge is 0.497 e. The second kappa shape index (κ2) is 7.77. The van der Waals surface area contributed by atoms with Crippen molar-refractivity contribution in [3.63, 3.8) is 0 Å². The molecule has 2 aliphatic heterocycles. The van der Waals surface area contributed by atoms with E-state index in [1.807, 2.05) is 48.8 Å². The fraction of sp³-hybridized carbons (Fsp3) is 0.391. The minimum atomic E-state index is -0.566. The van der Waals surface area contributed by atoms with Gasteiger partial charge >= 0.3 is 11.1 Å². The van der Waals surface area contributed by atoms with Crippen LogP contribution in [-0.2, 0) is 26.1 Å². The molecular formula is C23H25N5O3. The predicted octanol–water partition coefficient (Wildman–Crippen LogP) is 1.31. The molecule has 0 radical (unpaired) electrons.